The molecule has 5 nitrogen and oxygen atoms in total. The maximum Gasteiger partial charge on any atom is 0.177 e. The molecule has 1 fully saturated rings. The molecule has 96 valence electrons. The Hall–Kier alpha value is -0.970. The van der Waals surface area contributed by atoms with Crippen molar-refractivity contribution in [2.45, 2.75) is 52.1 Å². The number of aliphatic hydroxyl groups excluding tert-OH is 1. The summed E-state index contributed by atoms with van der Waals surface area (Å²) in [6, 6.07) is 0. The summed E-state index contributed by atoms with van der Waals surface area (Å²) in [5.74, 6) is 1.04. The zero-order valence-corrected chi connectivity index (χ0v) is 10.9. The fourth-order valence-electron chi connectivity index (χ4n) is 2.57. The van der Waals surface area contributed by atoms with Crippen molar-refractivity contribution in [2.75, 3.05) is 0 Å². The molecule has 0 aliphatic heterocycles. The molecule has 1 aromatic heterocycles. The minimum absolute atomic E-state index is 0.324. The highest BCUT2D eigenvalue weighted by Gasteiger charge is 2.31. The van der Waals surface area contributed by atoms with Gasteiger partial charge in [-0.25, -0.2) is 0 Å². The van der Waals surface area contributed by atoms with Gasteiger partial charge in [0.05, 0.1) is 13.2 Å². The molecule has 5 heteroatoms. The summed E-state index contributed by atoms with van der Waals surface area (Å²) in [5, 5.41) is 22.0. The Morgan fingerprint density at radius 2 is 2.06 bits per heavy atom. The lowest BCUT2D eigenvalue weighted by Gasteiger charge is -2.36. The summed E-state index contributed by atoms with van der Waals surface area (Å²) in [6.45, 7) is 4.61. The van der Waals surface area contributed by atoms with Gasteiger partial charge in [0.25, 0.3) is 0 Å². The van der Waals surface area contributed by atoms with Crippen LogP contribution in [-0.4, -0.2) is 31.4 Å². The molecule has 1 unspecified atom stereocenters. The Morgan fingerprint density at radius 1 is 1.41 bits per heavy atom. The lowest BCUT2D eigenvalue weighted by molar-refractivity contribution is 0.0563. The molecule has 0 amide bonds. The molecule has 1 saturated carbocycles. The van der Waals surface area contributed by atoms with Crippen LogP contribution in [0.1, 0.15) is 45.4 Å². The van der Waals surface area contributed by atoms with Crippen LogP contribution in [0.3, 0.4) is 0 Å². The van der Waals surface area contributed by atoms with Gasteiger partial charge in [0.15, 0.2) is 5.82 Å². The first kappa shape index (κ1) is 12.5. The van der Waals surface area contributed by atoms with Gasteiger partial charge in [0, 0.05) is 6.42 Å². The minimum atomic E-state index is -0.324. The smallest absolute Gasteiger partial charge is 0.177 e. The summed E-state index contributed by atoms with van der Waals surface area (Å²) < 4.78 is 0. The lowest BCUT2D eigenvalue weighted by Crippen LogP contribution is -2.30. The van der Waals surface area contributed by atoms with E-state index in [1.165, 1.54) is 17.6 Å². The Balaban J connectivity index is 1.87. The van der Waals surface area contributed by atoms with Gasteiger partial charge in [-0.15, -0.1) is 10.2 Å². The molecule has 1 aliphatic carbocycles. The van der Waals surface area contributed by atoms with Crippen molar-refractivity contribution in [3.8, 4) is 0 Å². The van der Waals surface area contributed by atoms with Crippen LogP contribution >= 0.6 is 0 Å². The van der Waals surface area contributed by atoms with Crippen molar-refractivity contribution >= 4 is 0 Å². The zero-order chi connectivity index (χ0) is 12.5. The predicted molar refractivity (Wildman–Crippen MR) is 64.2 cm³/mol. The minimum Gasteiger partial charge on any atom is -0.392 e. The standard InChI is InChI=1S/C12H22N4O/c1-12(2)6-4-9(5-7-12)10(17)8-11-13-15-16(3)14-11/h9-10,17H,4-8H2,1-3H3. The van der Waals surface area contributed by atoms with E-state index in [0.29, 0.717) is 23.6 Å². The number of nitrogens with zero attached hydrogens (tertiary/aromatic N) is 4. The molecule has 1 atom stereocenters. The van der Waals surface area contributed by atoms with Crippen LogP contribution in [0.2, 0.25) is 0 Å². The molecule has 0 radical (unpaired) electrons. The van der Waals surface area contributed by atoms with Crippen molar-refractivity contribution < 1.29 is 5.11 Å². The van der Waals surface area contributed by atoms with E-state index in [4.69, 9.17) is 0 Å². The van der Waals surface area contributed by atoms with E-state index in [-0.39, 0.29) is 6.10 Å². The summed E-state index contributed by atoms with van der Waals surface area (Å²) in [6.07, 6.45) is 4.81. The average molecular weight is 238 g/mol. The van der Waals surface area contributed by atoms with Gasteiger partial charge in [-0.3, -0.25) is 0 Å². The average Bonchev–Trinajstić information content (AvgIpc) is 2.63. The first-order valence-electron chi connectivity index (χ1n) is 6.37. The van der Waals surface area contributed by atoms with E-state index < -0.39 is 0 Å². The largest absolute Gasteiger partial charge is 0.392 e. The number of aliphatic hydroxyl groups is 1. The summed E-state index contributed by atoms with van der Waals surface area (Å²) in [5.41, 5.74) is 0.445. The Labute approximate surface area is 102 Å². The molecular formula is C12H22N4O. The van der Waals surface area contributed by atoms with Gasteiger partial charge >= 0.3 is 0 Å². The third kappa shape index (κ3) is 3.25. The van der Waals surface area contributed by atoms with Crippen LogP contribution in [0.4, 0.5) is 0 Å². The van der Waals surface area contributed by atoms with E-state index >= 15 is 0 Å². The fourth-order valence-corrected chi connectivity index (χ4v) is 2.57. The molecule has 0 spiro atoms. The van der Waals surface area contributed by atoms with Crippen LogP contribution in [0.15, 0.2) is 0 Å². The van der Waals surface area contributed by atoms with Crippen molar-refractivity contribution in [1.82, 2.24) is 20.2 Å². The number of hydrogen-bond acceptors (Lipinski definition) is 4. The molecule has 0 saturated heterocycles. The van der Waals surface area contributed by atoms with Crippen molar-refractivity contribution in [3.63, 3.8) is 0 Å². The van der Waals surface area contributed by atoms with Crippen molar-refractivity contribution in [1.29, 1.82) is 0 Å². The number of aryl methyl sites for hydroxylation is 1. The summed E-state index contributed by atoms with van der Waals surface area (Å²) in [7, 11) is 1.74. The molecule has 1 aromatic rings. The van der Waals surface area contributed by atoms with E-state index in [0.717, 1.165) is 12.8 Å². The van der Waals surface area contributed by atoms with E-state index in [1.807, 2.05) is 0 Å². The monoisotopic (exact) mass is 238 g/mol. The van der Waals surface area contributed by atoms with Crippen LogP contribution in [0.25, 0.3) is 0 Å². The van der Waals surface area contributed by atoms with E-state index in [2.05, 4.69) is 29.3 Å². The number of rotatable bonds is 3. The second-order valence-electron chi connectivity index (χ2n) is 5.97. The van der Waals surface area contributed by atoms with Gasteiger partial charge in [-0.1, -0.05) is 13.8 Å². The first-order chi connectivity index (χ1) is 7.96. The molecule has 1 aliphatic rings. The molecular weight excluding hydrogens is 216 g/mol. The number of aromatic nitrogens is 4. The third-order valence-corrected chi connectivity index (χ3v) is 3.87. The Bertz CT molecular complexity index is 364. The normalized spacial score (nSPS) is 22.6. The van der Waals surface area contributed by atoms with Gasteiger partial charge in [-0.05, 0) is 42.2 Å². The topological polar surface area (TPSA) is 63.8 Å². The van der Waals surface area contributed by atoms with Gasteiger partial charge in [-0.2, -0.15) is 4.80 Å². The fraction of sp³-hybridized carbons (Fsp3) is 0.917. The third-order valence-electron chi connectivity index (χ3n) is 3.87. The molecule has 1 N–H and O–H groups in total. The number of hydrogen-bond donors (Lipinski definition) is 1. The first-order valence-corrected chi connectivity index (χ1v) is 6.37. The molecule has 0 bridgehead atoms. The zero-order valence-electron chi connectivity index (χ0n) is 10.9. The second-order valence-corrected chi connectivity index (χ2v) is 5.97. The van der Waals surface area contributed by atoms with Gasteiger partial charge < -0.3 is 5.11 Å². The Kier molecular flexibility index (Phi) is 3.47. The molecule has 0 aromatic carbocycles. The van der Waals surface area contributed by atoms with Crippen LogP contribution in [-0.2, 0) is 13.5 Å². The number of tetrazole rings is 1. The summed E-state index contributed by atoms with van der Waals surface area (Å²) >= 11 is 0. The van der Waals surface area contributed by atoms with Crippen LogP contribution in [0, 0.1) is 11.3 Å². The van der Waals surface area contributed by atoms with E-state index in [9.17, 15) is 5.11 Å². The predicted octanol–water partition coefficient (Wildman–Crippen LogP) is 1.33. The SMILES string of the molecule is Cn1nnc(CC(O)C2CCC(C)(C)CC2)n1. The van der Waals surface area contributed by atoms with Crippen molar-refractivity contribution in [3.05, 3.63) is 5.82 Å². The quantitative estimate of drug-likeness (QED) is 0.863. The van der Waals surface area contributed by atoms with E-state index in [1.54, 1.807) is 7.05 Å². The van der Waals surface area contributed by atoms with Crippen molar-refractivity contribution in [2.24, 2.45) is 18.4 Å². The van der Waals surface area contributed by atoms with Crippen LogP contribution < -0.4 is 0 Å². The lowest BCUT2D eigenvalue weighted by atomic mass is 9.71. The summed E-state index contributed by atoms with van der Waals surface area (Å²) in [4.78, 5) is 1.44. The highest BCUT2D eigenvalue weighted by atomic mass is 16.3. The maximum atomic E-state index is 10.2. The Morgan fingerprint density at radius 3 is 2.59 bits per heavy atom. The highest BCUT2D eigenvalue weighted by molar-refractivity contribution is 4.87. The second kappa shape index (κ2) is 4.72. The van der Waals surface area contributed by atoms with Gasteiger partial charge in [0.2, 0.25) is 0 Å². The maximum absolute atomic E-state index is 10.2. The van der Waals surface area contributed by atoms with Crippen LogP contribution in [0.5, 0.6) is 0 Å². The molecule has 17 heavy (non-hydrogen) atoms. The van der Waals surface area contributed by atoms with Gasteiger partial charge in [0.1, 0.15) is 0 Å². The molecule has 1 heterocycles. The highest BCUT2D eigenvalue weighted by Crippen LogP contribution is 2.39. The molecule has 2 rings (SSSR count).